The van der Waals surface area contributed by atoms with Crippen LogP contribution in [0.25, 0.3) is 0 Å². The third kappa shape index (κ3) is 5.19. The highest BCUT2D eigenvalue weighted by Crippen LogP contribution is 2.45. The summed E-state index contributed by atoms with van der Waals surface area (Å²) in [7, 11) is 0. The second-order valence-corrected chi connectivity index (χ2v) is 8.81. The minimum absolute atomic E-state index is 0.0442. The lowest BCUT2D eigenvalue weighted by molar-refractivity contribution is -0.113. The van der Waals surface area contributed by atoms with Crippen LogP contribution in [0.5, 0.6) is 0 Å². The Morgan fingerprint density at radius 1 is 1.26 bits per heavy atom. The number of hydrogen-bond acceptors (Lipinski definition) is 5. The van der Waals surface area contributed by atoms with Crippen LogP contribution >= 0.6 is 35.3 Å². The molecule has 1 aliphatic heterocycles. The highest BCUT2D eigenvalue weighted by Gasteiger charge is 2.18. The van der Waals surface area contributed by atoms with Gasteiger partial charge in [0.2, 0.25) is 5.91 Å². The summed E-state index contributed by atoms with van der Waals surface area (Å²) >= 11 is 5.55. The van der Waals surface area contributed by atoms with E-state index in [2.05, 4.69) is 22.4 Å². The number of benzene rings is 1. The van der Waals surface area contributed by atoms with E-state index >= 15 is 0 Å². The molecular formula is C17H18N2OS3. The van der Waals surface area contributed by atoms with E-state index in [-0.39, 0.29) is 5.91 Å². The molecule has 1 aliphatic rings. The molecule has 120 valence electrons. The summed E-state index contributed by atoms with van der Waals surface area (Å²) < 4.78 is 0.506. The number of thioether (sulfide) groups is 3. The van der Waals surface area contributed by atoms with Gasteiger partial charge in [-0.25, -0.2) is 0 Å². The molecule has 1 saturated heterocycles. The van der Waals surface area contributed by atoms with Crippen LogP contribution < -0.4 is 5.32 Å². The zero-order chi connectivity index (χ0) is 15.9. The number of carbonyl (C=O) groups excluding carboxylic acids is 1. The van der Waals surface area contributed by atoms with Crippen molar-refractivity contribution in [1.82, 2.24) is 4.98 Å². The summed E-state index contributed by atoms with van der Waals surface area (Å²) in [4.78, 5) is 16.2. The van der Waals surface area contributed by atoms with E-state index in [1.54, 1.807) is 18.0 Å². The molecule has 0 unspecified atom stereocenters. The molecule has 0 atom stereocenters. The Balaban J connectivity index is 1.48. The van der Waals surface area contributed by atoms with Crippen LogP contribution in [0.3, 0.4) is 0 Å². The van der Waals surface area contributed by atoms with Crippen LogP contribution in [-0.2, 0) is 10.5 Å². The number of hydrogen-bond donors (Lipinski definition) is 1. The standard InChI is InChI=1S/C17H18N2OS3/c20-16(12-21-11-13-3-2-6-18-10-13)19-15-5-1-4-14(9-15)17-22-7-8-23-17/h1-6,9-10,17H,7-8,11-12H2,(H,19,20). The first kappa shape index (κ1) is 16.7. The first-order chi connectivity index (χ1) is 11.3. The van der Waals surface area contributed by atoms with Crippen molar-refractivity contribution < 1.29 is 4.79 Å². The normalized spacial score (nSPS) is 14.8. The summed E-state index contributed by atoms with van der Waals surface area (Å²) in [6.45, 7) is 0. The highest BCUT2D eigenvalue weighted by atomic mass is 32.2. The molecule has 0 bridgehead atoms. The summed E-state index contributed by atoms with van der Waals surface area (Å²) in [5, 5.41) is 3.00. The Morgan fingerprint density at radius 2 is 2.13 bits per heavy atom. The van der Waals surface area contributed by atoms with Crippen LogP contribution in [0.15, 0.2) is 48.8 Å². The topological polar surface area (TPSA) is 42.0 Å². The molecule has 6 heteroatoms. The number of nitrogens with one attached hydrogen (secondary N) is 1. The fourth-order valence-electron chi connectivity index (χ4n) is 2.26. The predicted molar refractivity (Wildman–Crippen MR) is 103 cm³/mol. The van der Waals surface area contributed by atoms with Crippen LogP contribution in [0.4, 0.5) is 5.69 Å². The molecule has 0 aliphatic carbocycles. The van der Waals surface area contributed by atoms with Crippen LogP contribution in [0.1, 0.15) is 15.7 Å². The Labute approximate surface area is 149 Å². The van der Waals surface area contributed by atoms with Gasteiger partial charge in [-0.05, 0) is 29.3 Å². The lowest BCUT2D eigenvalue weighted by Crippen LogP contribution is -2.14. The molecule has 0 saturated carbocycles. The van der Waals surface area contributed by atoms with Gasteiger partial charge in [0, 0.05) is 35.3 Å². The molecular weight excluding hydrogens is 344 g/mol. The summed E-state index contributed by atoms with van der Waals surface area (Å²) in [6.07, 6.45) is 3.60. The molecule has 1 fully saturated rings. The third-order valence-corrected chi connectivity index (χ3v) is 7.40. The van der Waals surface area contributed by atoms with Gasteiger partial charge in [0.1, 0.15) is 0 Å². The second kappa shape index (κ2) is 8.66. The Hall–Kier alpha value is -1.11. The van der Waals surface area contributed by atoms with Gasteiger partial charge in [-0.15, -0.1) is 35.3 Å². The molecule has 0 radical (unpaired) electrons. The van der Waals surface area contributed by atoms with Crippen molar-refractivity contribution in [2.24, 2.45) is 0 Å². The summed E-state index contributed by atoms with van der Waals surface area (Å²) in [5.74, 6) is 3.71. The molecule has 3 nitrogen and oxygen atoms in total. The SMILES string of the molecule is O=C(CSCc1cccnc1)Nc1cccc(C2SCCS2)c1. The van der Waals surface area contributed by atoms with Gasteiger partial charge in [0.05, 0.1) is 10.3 Å². The molecule has 1 amide bonds. The van der Waals surface area contributed by atoms with Crippen molar-refractivity contribution in [3.8, 4) is 0 Å². The number of rotatable bonds is 6. The van der Waals surface area contributed by atoms with Crippen molar-refractivity contribution in [3.05, 3.63) is 59.9 Å². The van der Waals surface area contributed by atoms with Crippen molar-refractivity contribution >= 4 is 46.9 Å². The molecule has 2 heterocycles. The van der Waals surface area contributed by atoms with Gasteiger partial charge in [-0.3, -0.25) is 9.78 Å². The predicted octanol–water partition coefficient (Wildman–Crippen LogP) is 4.43. The van der Waals surface area contributed by atoms with Crippen molar-refractivity contribution in [2.45, 2.75) is 10.3 Å². The molecule has 1 aromatic carbocycles. The third-order valence-electron chi connectivity index (χ3n) is 3.29. The molecule has 0 spiro atoms. The van der Waals surface area contributed by atoms with Gasteiger partial charge in [0.15, 0.2) is 0 Å². The van der Waals surface area contributed by atoms with Gasteiger partial charge in [-0.1, -0.05) is 18.2 Å². The van der Waals surface area contributed by atoms with Gasteiger partial charge in [-0.2, -0.15) is 0 Å². The highest BCUT2D eigenvalue weighted by molar-refractivity contribution is 8.19. The van der Waals surface area contributed by atoms with Crippen LogP contribution in [-0.4, -0.2) is 28.1 Å². The average Bonchev–Trinajstić information content (AvgIpc) is 3.11. The minimum atomic E-state index is 0.0442. The Morgan fingerprint density at radius 3 is 2.91 bits per heavy atom. The Bertz CT molecular complexity index is 645. The van der Waals surface area contributed by atoms with Crippen LogP contribution in [0.2, 0.25) is 0 Å². The second-order valence-electron chi connectivity index (χ2n) is 5.10. The van der Waals surface area contributed by atoms with E-state index in [0.717, 1.165) is 17.0 Å². The summed E-state index contributed by atoms with van der Waals surface area (Å²) in [5.41, 5.74) is 3.32. The van der Waals surface area contributed by atoms with Gasteiger partial charge in [0.25, 0.3) is 0 Å². The van der Waals surface area contributed by atoms with Gasteiger partial charge < -0.3 is 5.32 Å². The van der Waals surface area contributed by atoms with E-state index in [0.29, 0.717) is 10.3 Å². The van der Waals surface area contributed by atoms with Gasteiger partial charge >= 0.3 is 0 Å². The lowest BCUT2D eigenvalue weighted by atomic mass is 10.2. The molecule has 1 N–H and O–H groups in total. The number of aromatic nitrogens is 1. The quantitative estimate of drug-likeness (QED) is 0.823. The zero-order valence-corrected chi connectivity index (χ0v) is 15.1. The van der Waals surface area contributed by atoms with E-state index < -0.39 is 0 Å². The maximum atomic E-state index is 12.1. The maximum absolute atomic E-state index is 12.1. The van der Waals surface area contributed by atoms with Crippen LogP contribution in [0, 0.1) is 0 Å². The number of anilines is 1. The van der Waals surface area contributed by atoms with E-state index in [4.69, 9.17) is 0 Å². The molecule has 1 aromatic heterocycles. The maximum Gasteiger partial charge on any atom is 0.234 e. The number of nitrogens with zero attached hydrogens (tertiary/aromatic N) is 1. The first-order valence-electron chi connectivity index (χ1n) is 7.41. The number of carbonyl (C=O) groups is 1. The summed E-state index contributed by atoms with van der Waals surface area (Å²) in [6, 6.07) is 12.2. The van der Waals surface area contributed by atoms with Crippen molar-refractivity contribution in [1.29, 1.82) is 0 Å². The molecule has 23 heavy (non-hydrogen) atoms. The van der Waals surface area contributed by atoms with E-state index in [1.807, 2.05) is 54.0 Å². The molecule has 2 aromatic rings. The first-order valence-corrected chi connectivity index (χ1v) is 10.7. The largest absolute Gasteiger partial charge is 0.325 e. The van der Waals surface area contributed by atoms with E-state index in [9.17, 15) is 4.79 Å². The fraction of sp³-hybridized carbons (Fsp3) is 0.294. The zero-order valence-electron chi connectivity index (χ0n) is 12.6. The van der Waals surface area contributed by atoms with Crippen molar-refractivity contribution in [2.75, 3.05) is 22.6 Å². The van der Waals surface area contributed by atoms with E-state index in [1.165, 1.54) is 17.1 Å². The van der Waals surface area contributed by atoms with Crippen molar-refractivity contribution in [3.63, 3.8) is 0 Å². The number of pyridine rings is 1. The lowest BCUT2D eigenvalue weighted by Gasteiger charge is -2.11. The average molecular weight is 363 g/mol. The fourth-order valence-corrected chi connectivity index (χ4v) is 5.86. The minimum Gasteiger partial charge on any atom is -0.325 e. The molecule has 3 rings (SSSR count). The monoisotopic (exact) mass is 362 g/mol. The Kier molecular flexibility index (Phi) is 6.30. The smallest absolute Gasteiger partial charge is 0.234 e. The number of amides is 1.